The second kappa shape index (κ2) is 9.00. The van der Waals surface area contributed by atoms with Gasteiger partial charge in [-0.05, 0) is 36.6 Å². The van der Waals surface area contributed by atoms with Gasteiger partial charge >= 0.3 is 12.1 Å². The van der Waals surface area contributed by atoms with Crippen LogP contribution in [-0.2, 0) is 27.0 Å². The molecule has 8 heteroatoms. The second-order valence-electron chi connectivity index (χ2n) is 5.99. The summed E-state index contributed by atoms with van der Waals surface area (Å²) in [6.07, 6.45) is -2.61. The maximum Gasteiger partial charge on any atom is 0.416 e. The van der Waals surface area contributed by atoms with Crippen molar-refractivity contribution in [1.29, 1.82) is 0 Å². The number of halogens is 4. The van der Waals surface area contributed by atoms with Crippen molar-refractivity contribution in [2.24, 2.45) is 0 Å². The van der Waals surface area contributed by atoms with Gasteiger partial charge in [0, 0.05) is 36.8 Å². The highest BCUT2D eigenvalue weighted by Gasteiger charge is 2.31. The van der Waals surface area contributed by atoms with Crippen LogP contribution in [0.5, 0.6) is 0 Å². The van der Waals surface area contributed by atoms with Crippen molar-refractivity contribution in [2.75, 3.05) is 26.9 Å². The number of nitrogens with zero attached hydrogens (tertiary/aromatic N) is 1. The third-order valence-corrected chi connectivity index (χ3v) is 4.67. The first-order valence-electron chi connectivity index (χ1n) is 8.05. The molecule has 4 nitrogen and oxygen atoms in total. The first-order valence-corrected chi connectivity index (χ1v) is 8.84. The van der Waals surface area contributed by atoms with Gasteiger partial charge in [0.05, 0.1) is 19.1 Å². The van der Waals surface area contributed by atoms with Gasteiger partial charge in [-0.15, -0.1) is 0 Å². The molecule has 0 N–H and O–H groups in total. The van der Waals surface area contributed by atoms with Crippen molar-refractivity contribution in [1.82, 2.24) is 4.90 Å². The molecule has 1 aromatic rings. The summed E-state index contributed by atoms with van der Waals surface area (Å²) < 4.78 is 49.5. The molecule has 140 valence electrons. The highest BCUT2D eigenvalue weighted by Crippen LogP contribution is 2.32. The molecule has 0 aliphatic carbocycles. The smallest absolute Gasteiger partial charge is 0.416 e. The normalized spacial score (nSPS) is 16.2. The molecule has 0 atom stereocenters. The van der Waals surface area contributed by atoms with Crippen molar-refractivity contribution in [3.05, 3.63) is 33.8 Å². The highest BCUT2D eigenvalue weighted by atomic mass is 79.9. The van der Waals surface area contributed by atoms with E-state index in [0.29, 0.717) is 36.3 Å². The Bertz CT molecular complexity index is 589. The molecule has 1 heterocycles. The summed E-state index contributed by atoms with van der Waals surface area (Å²) in [5, 5.41) is 0. The largest absolute Gasteiger partial charge is 0.469 e. The number of benzene rings is 1. The average molecular weight is 424 g/mol. The van der Waals surface area contributed by atoms with Gasteiger partial charge < -0.3 is 9.47 Å². The second-order valence-corrected chi connectivity index (χ2v) is 6.90. The van der Waals surface area contributed by atoms with Gasteiger partial charge in [0.15, 0.2) is 0 Å². The van der Waals surface area contributed by atoms with Gasteiger partial charge in [-0.1, -0.05) is 15.9 Å². The fourth-order valence-corrected chi connectivity index (χ4v) is 3.46. The molecule has 0 bridgehead atoms. The molecule has 0 saturated carbocycles. The van der Waals surface area contributed by atoms with Crippen molar-refractivity contribution >= 4 is 21.9 Å². The number of esters is 1. The van der Waals surface area contributed by atoms with E-state index in [2.05, 4.69) is 20.7 Å². The van der Waals surface area contributed by atoms with Gasteiger partial charge in [0.2, 0.25) is 0 Å². The minimum Gasteiger partial charge on any atom is -0.469 e. The number of hydrogen-bond acceptors (Lipinski definition) is 4. The molecule has 1 aliphatic heterocycles. The Labute approximate surface area is 153 Å². The predicted octanol–water partition coefficient (Wildman–Crippen LogP) is 4.01. The van der Waals surface area contributed by atoms with Crippen molar-refractivity contribution in [3.63, 3.8) is 0 Å². The van der Waals surface area contributed by atoms with Crippen LogP contribution in [0.15, 0.2) is 22.7 Å². The van der Waals surface area contributed by atoms with E-state index in [-0.39, 0.29) is 18.4 Å². The van der Waals surface area contributed by atoms with Crippen molar-refractivity contribution in [3.8, 4) is 0 Å². The van der Waals surface area contributed by atoms with E-state index in [4.69, 9.17) is 4.74 Å². The molecule has 2 rings (SSSR count). The van der Waals surface area contributed by atoms with Crippen LogP contribution >= 0.6 is 15.9 Å². The Morgan fingerprint density at radius 2 is 2.00 bits per heavy atom. The lowest BCUT2D eigenvalue weighted by molar-refractivity contribution is -0.141. The Hall–Kier alpha value is -1.12. The molecule has 25 heavy (non-hydrogen) atoms. The lowest BCUT2D eigenvalue weighted by Crippen LogP contribution is -2.40. The summed E-state index contributed by atoms with van der Waals surface area (Å²) in [6, 6.07) is 4.08. The van der Waals surface area contributed by atoms with Gasteiger partial charge in [0.25, 0.3) is 0 Å². The molecule has 0 aromatic heterocycles. The number of ether oxygens (including phenoxy) is 2. The predicted molar refractivity (Wildman–Crippen MR) is 90.0 cm³/mol. The fourth-order valence-electron chi connectivity index (χ4n) is 2.92. The SMILES string of the molecule is COC(=O)CCN(Cc1cc(Br)cc(C(F)(F)F)c1)C1CCOCC1. The van der Waals surface area contributed by atoms with E-state index in [1.165, 1.54) is 7.11 Å². The minimum atomic E-state index is -4.39. The highest BCUT2D eigenvalue weighted by molar-refractivity contribution is 9.10. The molecule has 0 amide bonds. The average Bonchev–Trinajstić information content (AvgIpc) is 2.57. The number of rotatable bonds is 6. The van der Waals surface area contributed by atoms with Gasteiger partial charge in [0.1, 0.15) is 0 Å². The number of hydrogen-bond donors (Lipinski definition) is 0. The molecule has 0 radical (unpaired) electrons. The topological polar surface area (TPSA) is 38.8 Å². The van der Waals surface area contributed by atoms with Gasteiger partial charge in [-0.2, -0.15) is 13.2 Å². The number of alkyl halides is 3. The van der Waals surface area contributed by atoms with E-state index < -0.39 is 11.7 Å². The quantitative estimate of drug-likeness (QED) is 0.647. The van der Waals surface area contributed by atoms with Crippen molar-refractivity contribution < 1.29 is 27.4 Å². The van der Waals surface area contributed by atoms with Crippen LogP contribution in [0.25, 0.3) is 0 Å². The lowest BCUT2D eigenvalue weighted by Gasteiger charge is -2.34. The zero-order chi connectivity index (χ0) is 18.4. The lowest BCUT2D eigenvalue weighted by atomic mass is 10.0. The maximum atomic E-state index is 13.0. The molecule has 0 spiro atoms. The van der Waals surface area contributed by atoms with E-state index in [1.807, 2.05) is 4.90 Å². The molecular weight excluding hydrogens is 403 g/mol. The summed E-state index contributed by atoms with van der Waals surface area (Å²) in [5.74, 6) is -0.331. The van der Waals surface area contributed by atoms with Gasteiger partial charge in [-0.25, -0.2) is 0 Å². The van der Waals surface area contributed by atoms with Crippen LogP contribution < -0.4 is 0 Å². The monoisotopic (exact) mass is 423 g/mol. The van der Waals surface area contributed by atoms with Crippen LogP contribution in [0.4, 0.5) is 13.2 Å². The Morgan fingerprint density at radius 1 is 1.32 bits per heavy atom. The van der Waals surface area contributed by atoms with E-state index in [9.17, 15) is 18.0 Å². The molecule has 1 fully saturated rings. The third kappa shape index (κ3) is 6.27. The summed E-state index contributed by atoms with van der Waals surface area (Å²) in [6.45, 7) is 2.01. The van der Waals surface area contributed by atoms with Gasteiger partial charge in [-0.3, -0.25) is 9.69 Å². The first kappa shape index (κ1) is 20.2. The van der Waals surface area contributed by atoms with E-state index >= 15 is 0 Å². The zero-order valence-electron chi connectivity index (χ0n) is 13.9. The summed E-state index contributed by atoms with van der Waals surface area (Å²) in [4.78, 5) is 13.5. The van der Waals surface area contributed by atoms with E-state index in [0.717, 1.165) is 25.0 Å². The summed E-state index contributed by atoms with van der Waals surface area (Å²) in [5.41, 5.74) is -0.130. The Morgan fingerprint density at radius 3 is 2.60 bits per heavy atom. The van der Waals surface area contributed by atoms with Crippen LogP contribution in [0.2, 0.25) is 0 Å². The van der Waals surface area contributed by atoms with Crippen LogP contribution in [0, 0.1) is 0 Å². The standard InChI is InChI=1S/C17H21BrF3NO3/c1-24-16(23)2-5-22(15-3-6-25-7-4-15)11-12-8-13(17(19,20)21)10-14(18)9-12/h8-10,15H,2-7,11H2,1H3. The van der Waals surface area contributed by atoms with Crippen LogP contribution in [-0.4, -0.2) is 43.8 Å². The molecule has 1 saturated heterocycles. The third-order valence-electron chi connectivity index (χ3n) is 4.21. The minimum absolute atomic E-state index is 0.173. The van der Waals surface area contributed by atoms with Crippen LogP contribution in [0.3, 0.4) is 0 Å². The Kier molecular flexibility index (Phi) is 7.27. The first-order chi connectivity index (χ1) is 11.8. The molecular formula is C17H21BrF3NO3. The number of carbonyl (C=O) groups excluding carboxylic acids is 1. The molecule has 1 aromatic carbocycles. The molecule has 0 unspecified atom stereocenters. The van der Waals surface area contributed by atoms with Crippen LogP contribution in [0.1, 0.15) is 30.4 Å². The number of carbonyl (C=O) groups is 1. The zero-order valence-corrected chi connectivity index (χ0v) is 15.5. The summed E-state index contributed by atoms with van der Waals surface area (Å²) >= 11 is 3.15. The fraction of sp³-hybridized carbons (Fsp3) is 0.588. The summed E-state index contributed by atoms with van der Waals surface area (Å²) in [7, 11) is 1.32. The molecule has 1 aliphatic rings. The maximum absolute atomic E-state index is 13.0. The Balaban J connectivity index is 2.17. The van der Waals surface area contributed by atoms with Crippen molar-refractivity contribution in [2.45, 2.75) is 38.0 Å². The number of methoxy groups -OCH3 is 1. The van der Waals surface area contributed by atoms with E-state index in [1.54, 1.807) is 6.07 Å².